The Kier molecular flexibility index (Phi) is 10.9. The number of amides is 4. The Morgan fingerprint density at radius 3 is 2.37 bits per heavy atom. The zero-order valence-corrected chi connectivity index (χ0v) is 29.5. The van der Waals surface area contributed by atoms with E-state index in [4.69, 9.17) is 0 Å². The first-order chi connectivity index (χ1) is 24.7. The number of aromatic nitrogens is 3. The number of aromatic amines is 1. The molecule has 4 aromatic rings. The zero-order chi connectivity index (χ0) is 36.0. The van der Waals surface area contributed by atoms with Crippen molar-refractivity contribution >= 4 is 35.1 Å². The van der Waals surface area contributed by atoms with Crippen LogP contribution < -0.4 is 16.0 Å². The van der Waals surface area contributed by atoms with E-state index in [1.54, 1.807) is 34.2 Å². The Morgan fingerprint density at radius 1 is 0.941 bits per heavy atom. The highest BCUT2D eigenvalue weighted by Gasteiger charge is 2.44. The Morgan fingerprint density at radius 2 is 1.69 bits per heavy atom. The van der Waals surface area contributed by atoms with E-state index in [2.05, 4.69) is 31.1 Å². The van der Waals surface area contributed by atoms with Gasteiger partial charge in [-0.2, -0.15) is 5.10 Å². The van der Waals surface area contributed by atoms with Crippen LogP contribution in [0.15, 0.2) is 72.9 Å². The summed E-state index contributed by atoms with van der Waals surface area (Å²) in [5, 5.41) is 16.1. The van der Waals surface area contributed by atoms with Crippen LogP contribution in [0, 0.1) is 18.3 Å². The number of anilines is 2. The van der Waals surface area contributed by atoms with E-state index < -0.39 is 5.41 Å². The first-order valence-electron chi connectivity index (χ1n) is 17.6. The van der Waals surface area contributed by atoms with Gasteiger partial charge in [-0.05, 0) is 98.7 Å². The van der Waals surface area contributed by atoms with Gasteiger partial charge in [-0.25, -0.2) is 4.98 Å². The summed E-state index contributed by atoms with van der Waals surface area (Å²) in [6, 6.07) is 20.8. The lowest BCUT2D eigenvalue weighted by atomic mass is 9.74. The number of rotatable bonds is 12. The monoisotopic (exact) mass is 690 g/mol. The number of carbonyl (C=O) groups is 4. The summed E-state index contributed by atoms with van der Waals surface area (Å²) in [5.74, 6) is -0.327. The summed E-state index contributed by atoms with van der Waals surface area (Å²) in [6.45, 7) is 5.49. The number of likely N-dealkylation sites (tertiary alicyclic amines) is 1. The quantitative estimate of drug-likeness (QED) is 0.171. The number of fused-ring (bicyclic) bond motifs is 1. The molecule has 1 aliphatic heterocycles. The first-order valence-corrected chi connectivity index (χ1v) is 17.6. The molecular weight excluding hydrogens is 644 g/mol. The van der Waals surface area contributed by atoms with Crippen LogP contribution in [-0.4, -0.2) is 75.3 Å². The van der Waals surface area contributed by atoms with Gasteiger partial charge in [0.05, 0.1) is 5.41 Å². The minimum absolute atomic E-state index is 0.0838. The molecule has 2 aromatic heterocycles. The lowest BCUT2D eigenvalue weighted by Crippen LogP contribution is -2.52. The third-order valence-electron chi connectivity index (χ3n) is 10.2. The lowest BCUT2D eigenvalue weighted by molar-refractivity contribution is -0.147. The molecule has 266 valence electrons. The summed E-state index contributed by atoms with van der Waals surface area (Å²) >= 11 is 0. The van der Waals surface area contributed by atoms with Crippen LogP contribution in [-0.2, 0) is 40.3 Å². The number of nitrogens with one attached hydrogen (secondary N) is 4. The third-order valence-corrected chi connectivity index (χ3v) is 10.2. The maximum atomic E-state index is 14.6. The van der Waals surface area contributed by atoms with E-state index in [9.17, 15) is 19.2 Å². The molecule has 3 heterocycles. The number of nitrogens with zero attached hydrogens (tertiary/aromatic N) is 4. The van der Waals surface area contributed by atoms with Crippen molar-refractivity contribution in [1.29, 1.82) is 0 Å². The van der Waals surface area contributed by atoms with Crippen LogP contribution in [0.25, 0.3) is 0 Å². The van der Waals surface area contributed by atoms with Crippen LogP contribution in [0.1, 0.15) is 64.6 Å². The van der Waals surface area contributed by atoms with Crippen LogP contribution in [0.3, 0.4) is 0 Å². The molecule has 1 aliphatic carbocycles. The number of hydrogen-bond donors (Lipinski definition) is 4. The van der Waals surface area contributed by atoms with E-state index in [0.29, 0.717) is 68.9 Å². The highest BCUT2D eigenvalue weighted by atomic mass is 16.2. The van der Waals surface area contributed by atoms with Gasteiger partial charge < -0.3 is 25.8 Å². The Hall–Kier alpha value is -5.36. The smallest absolute Gasteiger partial charge is 0.274 e. The number of aryl methyl sites for hydroxylation is 1. The van der Waals surface area contributed by atoms with Crippen LogP contribution >= 0.6 is 0 Å². The number of hydrogen-bond acceptors (Lipinski definition) is 7. The summed E-state index contributed by atoms with van der Waals surface area (Å²) in [6.07, 6.45) is 4.39. The predicted octanol–water partition coefficient (Wildman–Crippen LogP) is 4.49. The molecule has 0 unspecified atom stereocenters. The molecule has 0 saturated carbocycles. The van der Waals surface area contributed by atoms with Crippen molar-refractivity contribution in [3.05, 3.63) is 107 Å². The van der Waals surface area contributed by atoms with Crippen molar-refractivity contribution in [2.24, 2.45) is 11.3 Å². The molecule has 4 amide bonds. The van der Waals surface area contributed by atoms with E-state index >= 15 is 0 Å². The van der Waals surface area contributed by atoms with Crippen molar-refractivity contribution in [3.63, 3.8) is 0 Å². The summed E-state index contributed by atoms with van der Waals surface area (Å²) in [4.78, 5) is 62.1. The van der Waals surface area contributed by atoms with Gasteiger partial charge >= 0.3 is 0 Å². The average Bonchev–Trinajstić information content (AvgIpc) is 3.78. The number of piperidine rings is 1. The predicted molar refractivity (Wildman–Crippen MR) is 195 cm³/mol. The molecule has 4 N–H and O–H groups in total. The molecule has 6 rings (SSSR count). The molecule has 0 spiro atoms. The maximum Gasteiger partial charge on any atom is 0.274 e. The van der Waals surface area contributed by atoms with E-state index in [1.807, 2.05) is 69.4 Å². The Labute approximate surface area is 298 Å². The minimum atomic E-state index is -0.713. The van der Waals surface area contributed by atoms with Gasteiger partial charge in [0.1, 0.15) is 18.1 Å². The van der Waals surface area contributed by atoms with Crippen molar-refractivity contribution in [2.75, 3.05) is 37.3 Å². The minimum Gasteiger partial charge on any atom is -0.337 e. The molecule has 12 heteroatoms. The molecule has 1 saturated heterocycles. The molecule has 0 radical (unpaired) electrons. The van der Waals surface area contributed by atoms with Crippen LogP contribution in [0.5, 0.6) is 0 Å². The fourth-order valence-corrected chi connectivity index (χ4v) is 7.28. The number of pyridine rings is 1. The highest BCUT2D eigenvalue weighted by molar-refractivity contribution is 5.96. The molecule has 2 aromatic carbocycles. The van der Waals surface area contributed by atoms with Crippen molar-refractivity contribution in [1.82, 2.24) is 30.3 Å². The van der Waals surface area contributed by atoms with Gasteiger partial charge in [0.15, 0.2) is 0 Å². The summed E-state index contributed by atoms with van der Waals surface area (Å²) in [5.41, 5.74) is 5.20. The second kappa shape index (κ2) is 15.7. The topological polar surface area (TPSA) is 152 Å². The molecule has 51 heavy (non-hydrogen) atoms. The van der Waals surface area contributed by atoms with Crippen molar-refractivity contribution in [2.45, 2.75) is 59.0 Å². The fraction of sp³-hybridized carbons (Fsp3) is 0.385. The number of H-pyrrole nitrogens is 1. The van der Waals surface area contributed by atoms with Crippen LogP contribution in [0.2, 0.25) is 0 Å². The third kappa shape index (κ3) is 8.18. The molecule has 2 aliphatic rings. The van der Waals surface area contributed by atoms with Gasteiger partial charge in [0, 0.05) is 49.7 Å². The zero-order valence-electron chi connectivity index (χ0n) is 29.5. The lowest BCUT2D eigenvalue weighted by Gasteiger charge is -2.42. The molecule has 12 nitrogen and oxygen atoms in total. The second-order valence-electron chi connectivity index (χ2n) is 13.7. The number of benzene rings is 2. The van der Waals surface area contributed by atoms with Gasteiger partial charge in [-0.15, -0.1) is 0 Å². The fourth-order valence-electron chi connectivity index (χ4n) is 7.28. The van der Waals surface area contributed by atoms with Crippen molar-refractivity contribution < 1.29 is 19.2 Å². The second-order valence-corrected chi connectivity index (χ2v) is 13.7. The van der Waals surface area contributed by atoms with Crippen molar-refractivity contribution in [3.8, 4) is 0 Å². The first kappa shape index (κ1) is 35.5. The van der Waals surface area contributed by atoms with E-state index in [0.717, 1.165) is 27.9 Å². The van der Waals surface area contributed by atoms with Crippen LogP contribution in [0.4, 0.5) is 11.5 Å². The summed E-state index contributed by atoms with van der Waals surface area (Å²) < 4.78 is 0. The van der Waals surface area contributed by atoms with Gasteiger partial charge in [0.25, 0.3) is 5.91 Å². The van der Waals surface area contributed by atoms with Gasteiger partial charge in [0.2, 0.25) is 17.7 Å². The molecule has 1 atom stereocenters. The average molecular weight is 691 g/mol. The normalized spacial score (nSPS) is 16.3. The maximum absolute atomic E-state index is 14.6. The Balaban J connectivity index is 1.15. The van der Waals surface area contributed by atoms with E-state index in [-0.39, 0.29) is 42.6 Å². The highest BCUT2D eigenvalue weighted by Crippen LogP contribution is 2.38. The standard InChI is InChI=1S/C39H46N8O4/c1-4-39(14-17-46(18-15-39)37(50)33-19-26(2)44-45-33)38(51)47(24-29-10-6-5-9-28(29)23-40-3)25-35(48)42-32-13-12-27-20-31(21-30(27)22-32)36(49)43-34-11-7-8-16-41-34/h5-13,16,19,22,31,40H,4,14-15,17-18,20-21,23-25H2,1-3H3,(H,42,48)(H,44,45)(H,41,43,49)/t31-/m1/s1. The molecule has 0 bridgehead atoms. The molecule has 1 fully saturated rings. The Bertz CT molecular complexity index is 1880. The molecular formula is C39H46N8O4. The number of carbonyl (C=O) groups excluding carboxylic acids is 4. The largest absolute Gasteiger partial charge is 0.337 e. The van der Waals surface area contributed by atoms with Gasteiger partial charge in [-0.1, -0.05) is 43.3 Å². The SMILES string of the molecule is CCC1(C(=O)N(CC(=O)Nc2ccc3c(c2)C[C@H](C(=O)Nc2ccccn2)C3)Cc2ccccc2CNC)CCN(C(=O)c2cc(C)[nH]n2)CC1. The van der Waals surface area contributed by atoms with E-state index in [1.165, 1.54) is 0 Å². The summed E-state index contributed by atoms with van der Waals surface area (Å²) in [7, 11) is 1.88. The van der Waals surface area contributed by atoms with Gasteiger partial charge in [-0.3, -0.25) is 24.3 Å².